The quantitative estimate of drug-likeness (QED) is 0.796. The molecule has 0 radical (unpaired) electrons. The van der Waals surface area contributed by atoms with Crippen molar-refractivity contribution in [3.63, 3.8) is 0 Å². The van der Waals surface area contributed by atoms with Gasteiger partial charge in [-0.1, -0.05) is 30.3 Å². The Morgan fingerprint density at radius 3 is 2.69 bits per heavy atom. The zero-order valence-corrected chi connectivity index (χ0v) is 16.0. The number of benzene rings is 1. The lowest BCUT2D eigenvalue weighted by molar-refractivity contribution is -0.0745. The Balaban J connectivity index is 1.46. The highest BCUT2D eigenvalue weighted by Crippen LogP contribution is 2.36. The van der Waals surface area contributed by atoms with E-state index in [-0.39, 0.29) is 12.1 Å². The molecule has 0 N–H and O–H groups in total. The lowest BCUT2D eigenvalue weighted by atomic mass is 9.98. The van der Waals surface area contributed by atoms with Gasteiger partial charge in [-0.3, -0.25) is 9.80 Å². The van der Waals surface area contributed by atoms with Crippen LogP contribution in [0.2, 0.25) is 0 Å². The van der Waals surface area contributed by atoms with Gasteiger partial charge < -0.3 is 9.30 Å². The number of likely N-dealkylation sites (N-methyl/N-ethyl adjacent to an activating group) is 2. The van der Waals surface area contributed by atoms with E-state index in [4.69, 9.17) is 4.74 Å². The number of hydrogen-bond donors (Lipinski definition) is 0. The van der Waals surface area contributed by atoms with E-state index in [1.165, 1.54) is 18.4 Å². The summed E-state index contributed by atoms with van der Waals surface area (Å²) in [5.74, 6) is 2.11. The van der Waals surface area contributed by atoms with Gasteiger partial charge in [0.1, 0.15) is 11.6 Å². The van der Waals surface area contributed by atoms with Crippen LogP contribution in [0, 0.1) is 6.92 Å². The molecule has 1 aromatic carbocycles. The van der Waals surface area contributed by atoms with Crippen LogP contribution in [0.1, 0.15) is 42.1 Å². The Kier molecular flexibility index (Phi) is 5.07. The molecule has 6 nitrogen and oxygen atoms in total. The van der Waals surface area contributed by atoms with Gasteiger partial charge >= 0.3 is 0 Å². The first-order valence-electron chi connectivity index (χ1n) is 9.59. The third-order valence-electron chi connectivity index (χ3n) is 5.50. The van der Waals surface area contributed by atoms with Crippen molar-refractivity contribution in [1.82, 2.24) is 24.6 Å². The standard InChI is InChI=1S/C20H29N5O/c1-15-21-22-19(25(15)17-9-10-17)14-23(2)13-18-20(24(3)11-12-26-18)16-7-5-4-6-8-16/h4-8,17-18,20H,9-14H2,1-3H3/t18-,20-/m0/s1. The zero-order valence-electron chi connectivity index (χ0n) is 16.0. The van der Waals surface area contributed by atoms with Crippen LogP contribution in [-0.2, 0) is 11.3 Å². The summed E-state index contributed by atoms with van der Waals surface area (Å²) in [5, 5.41) is 8.72. The van der Waals surface area contributed by atoms with Gasteiger partial charge in [0.25, 0.3) is 0 Å². The van der Waals surface area contributed by atoms with E-state index in [9.17, 15) is 0 Å². The summed E-state index contributed by atoms with van der Waals surface area (Å²) in [6, 6.07) is 11.6. The second kappa shape index (κ2) is 7.47. The third kappa shape index (κ3) is 3.68. The maximum absolute atomic E-state index is 6.19. The molecule has 2 aliphatic rings. The maximum atomic E-state index is 6.19. The predicted molar refractivity (Wildman–Crippen MR) is 101 cm³/mol. The fourth-order valence-electron chi connectivity index (χ4n) is 4.08. The van der Waals surface area contributed by atoms with Crippen LogP contribution in [0.25, 0.3) is 0 Å². The molecule has 1 saturated heterocycles. The van der Waals surface area contributed by atoms with Gasteiger partial charge in [-0.15, -0.1) is 10.2 Å². The highest BCUT2D eigenvalue weighted by Gasteiger charge is 2.33. The molecule has 2 fully saturated rings. The van der Waals surface area contributed by atoms with Gasteiger partial charge in [-0.25, -0.2) is 0 Å². The molecule has 26 heavy (non-hydrogen) atoms. The average molecular weight is 355 g/mol. The van der Waals surface area contributed by atoms with Crippen molar-refractivity contribution in [2.75, 3.05) is 33.8 Å². The minimum atomic E-state index is 0.152. The van der Waals surface area contributed by atoms with Crippen LogP contribution in [0.3, 0.4) is 0 Å². The SMILES string of the molecule is Cc1nnc(CN(C)C[C@@H]2OCCN(C)[C@H]2c2ccccc2)n1C1CC1. The summed E-state index contributed by atoms with van der Waals surface area (Å²) >= 11 is 0. The molecule has 0 spiro atoms. The molecule has 2 heterocycles. The first kappa shape index (κ1) is 17.6. The number of aromatic nitrogens is 3. The van der Waals surface area contributed by atoms with E-state index < -0.39 is 0 Å². The molecule has 0 bridgehead atoms. The summed E-state index contributed by atoms with van der Waals surface area (Å²) in [5.41, 5.74) is 1.32. The molecule has 6 heteroatoms. The predicted octanol–water partition coefficient (Wildman–Crippen LogP) is 2.43. The molecule has 140 valence electrons. The van der Waals surface area contributed by atoms with Gasteiger partial charge in [0.2, 0.25) is 0 Å². The monoisotopic (exact) mass is 355 g/mol. The molecule has 0 amide bonds. The van der Waals surface area contributed by atoms with Crippen LogP contribution in [0.4, 0.5) is 0 Å². The summed E-state index contributed by atoms with van der Waals surface area (Å²) in [6.45, 7) is 5.49. The van der Waals surface area contributed by atoms with Crippen molar-refractivity contribution >= 4 is 0 Å². The van der Waals surface area contributed by atoms with Crippen LogP contribution >= 0.6 is 0 Å². The maximum Gasteiger partial charge on any atom is 0.147 e. The highest BCUT2D eigenvalue weighted by molar-refractivity contribution is 5.21. The second-order valence-corrected chi connectivity index (χ2v) is 7.71. The molecule has 1 aliphatic carbocycles. The molecule has 0 unspecified atom stereocenters. The Hall–Kier alpha value is -1.76. The van der Waals surface area contributed by atoms with Crippen molar-refractivity contribution in [2.45, 2.75) is 44.5 Å². The minimum Gasteiger partial charge on any atom is -0.374 e. The fourth-order valence-corrected chi connectivity index (χ4v) is 4.08. The van der Waals surface area contributed by atoms with Crippen LogP contribution in [0.5, 0.6) is 0 Å². The summed E-state index contributed by atoms with van der Waals surface area (Å²) in [4.78, 5) is 4.73. The van der Waals surface area contributed by atoms with Gasteiger partial charge in [-0.2, -0.15) is 0 Å². The van der Waals surface area contributed by atoms with Gasteiger partial charge in [0.15, 0.2) is 0 Å². The van der Waals surface area contributed by atoms with E-state index in [1.807, 2.05) is 0 Å². The summed E-state index contributed by atoms with van der Waals surface area (Å²) < 4.78 is 8.51. The highest BCUT2D eigenvalue weighted by atomic mass is 16.5. The normalized spacial score (nSPS) is 24.3. The van der Waals surface area contributed by atoms with Crippen LogP contribution in [0.15, 0.2) is 30.3 Å². The van der Waals surface area contributed by atoms with Crippen molar-refractivity contribution < 1.29 is 4.74 Å². The van der Waals surface area contributed by atoms with Crippen molar-refractivity contribution in [3.05, 3.63) is 47.5 Å². The Morgan fingerprint density at radius 2 is 1.96 bits per heavy atom. The van der Waals surface area contributed by atoms with Gasteiger partial charge in [0.05, 0.1) is 25.3 Å². The van der Waals surface area contributed by atoms with Crippen molar-refractivity contribution in [2.24, 2.45) is 0 Å². The summed E-state index contributed by atoms with van der Waals surface area (Å²) in [7, 11) is 4.35. The van der Waals surface area contributed by atoms with Gasteiger partial charge in [-0.05, 0) is 39.4 Å². The van der Waals surface area contributed by atoms with E-state index in [0.29, 0.717) is 6.04 Å². The molecule has 2 atom stereocenters. The van der Waals surface area contributed by atoms with Crippen molar-refractivity contribution in [3.8, 4) is 0 Å². The number of hydrogen-bond acceptors (Lipinski definition) is 5. The molecular weight excluding hydrogens is 326 g/mol. The van der Waals surface area contributed by atoms with E-state index in [2.05, 4.69) is 75.9 Å². The first-order valence-corrected chi connectivity index (χ1v) is 9.59. The third-order valence-corrected chi connectivity index (χ3v) is 5.50. The first-order chi connectivity index (χ1) is 12.6. The molecule has 4 rings (SSSR count). The Labute approximate surface area is 155 Å². The Bertz CT molecular complexity index is 727. The lowest BCUT2D eigenvalue weighted by Crippen LogP contribution is -2.47. The zero-order chi connectivity index (χ0) is 18.1. The lowest BCUT2D eigenvalue weighted by Gasteiger charge is -2.40. The van der Waals surface area contributed by atoms with Crippen LogP contribution < -0.4 is 0 Å². The minimum absolute atomic E-state index is 0.152. The van der Waals surface area contributed by atoms with Crippen molar-refractivity contribution in [1.29, 1.82) is 0 Å². The smallest absolute Gasteiger partial charge is 0.147 e. The molecule has 1 aliphatic heterocycles. The molecule has 1 saturated carbocycles. The number of nitrogens with zero attached hydrogens (tertiary/aromatic N) is 5. The van der Waals surface area contributed by atoms with Gasteiger partial charge in [0, 0.05) is 19.1 Å². The number of morpholine rings is 1. The molecule has 2 aromatic rings. The molecule has 1 aromatic heterocycles. The molecular formula is C20H29N5O. The number of ether oxygens (including phenoxy) is 1. The van der Waals surface area contributed by atoms with E-state index >= 15 is 0 Å². The largest absolute Gasteiger partial charge is 0.374 e. The summed E-state index contributed by atoms with van der Waals surface area (Å²) in [6.07, 6.45) is 2.66. The topological polar surface area (TPSA) is 46.4 Å². The Morgan fingerprint density at radius 1 is 1.19 bits per heavy atom. The van der Waals surface area contributed by atoms with Crippen LogP contribution in [-0.4, -0.2) is 64.5 Å². The van der Waals surface area contributed by atoms with E-state index in [0.717, 1.165) is 37.9 Å². The fraction of sp³-hybridized carbons (Fsp3) is 0.600. The average Bonchev–Trinajstić information content (AvgIpc) is 3.40. The number of aryl methyl sites for hydroxylation is 1. The number of rotatable bonds is 6. The second-order valence-electron chi connectivity index (χ2n) is 7.71. The van der Waals surface area contributed by atoms with E-state index in [1.54, 1.807) is 0 Å².